The Balaban J connectivity index is 1.72. The van der Waals surface area contributed by atoms with Crippen molar-refractivity contribution >= 4 is 23.4 Å². The number of carbonyl (C=O) groups is 1. The summed E-state index contributed by atoms with van der Waals surface area (Å²) in [7, 11) is 0. The van der Waals surface area contributed by atoms with Crippen LogP contribution >= 0.6 is 11.8 Å². The molecule has 1 aromatic heterocycles. The van der Waals surface area contributed by atoms with E-state index in [1.54, 1.807) is 42.1 Å². The van der Waals surface area contributed by atoms with Crippen molar-refractivity contribution in [3.8, 4) is 5.69 Å². The molecule has 1 amide bonds. The van der Waals surface area contributed by atoms with Crippen LogP contribution in [0.1, 0.15) is 6.92 Å². The predicted molar refractivity (Wildman–Crippen MR) is 93.9 cm³/mol. The molecular weight excluding hydrogens is 344 g/mol. The molecule has 0 saturated carbocycles. The third-order valence-electron chi connectivity index (χ3n) is 3.44. The van der Waals surface area contributed by atoms with Crippen molar-refractivity contribution in [3.63, 3.8) is 0 Å². The number of aromatic nitrogens is 2. The van der Waals surface area contributed by atoms with Crippen LogP contribution < -0.4 is 5.32 Å². The lowest BCUT2D eigenvalue weighted by atomic mass is 10.3. The van der Waals surface area contributed by atoms with E-state index < -0.39 is 11.1 Å². The van der Waals surface area contributed by atoms with Crippen LogP contribution in [0, 0.1) is 11.6 Å². The maximum absolute atomic E-state index is 13.4. The normalized spacial score (nSPS) is 12.0. The number of carbonyl (C=O) groups excluding carboxylic acids is 1. The van der Waals surface area contributed by atoms with E-state index in [4.69, 9.17) is 0 Å². The van der Waals surface area contributed by atoms with Crippen molar-refractivity contribution in [2.24, 2.45) is 0 Å². The number of benzene rings is 2. The summed E-state index contributed by atoms with van der Waals surface area (Å²) in [6.07, 6.45) is 3.29. The van der Waals surface area contributed by atoms with E-state index in [2.05, 4.69) is 10.3 Å². The number of nitrogens with one attached hydrogen (secondary N) is 1. The first-order chi connectivity index (χ1) is 12.0. The molecule has 128 valence electrons. The van der Waals surface area contributed by atoms with Gasteiger partial charge in [0.25, 0.3) is 0 Å². The smallest absolute Gasteiger partial charge is 0.237 e. The molecule has 0 fully saturated rings. The molecule has 7 heteroatoms. The zero-order valence-electron chi connectivity index (χ0n) is 13.3. The fourth-order valence-electron chi connectivity index (χ4n) is 2.22. The Hall–Kier alpha value is -2.67. The van der Waals surface area contributed by atoms with E-state index >= 15 is 0 Å². The van der Waals surface area contributed by atoms with Gasteiger partial charge in [0.15, 0.2) is 5.16 Å². The predicted octanol–water partition coefficient (Wildman–Crippen LogP) is 4.27. The number of nitrogens with zero attached hydrogens (tertiary/aromatic N) is 2. The van der Waals surface area contributed by atoms with Crippen LogP contribution in [0.25, 0.3) is 5.69 Å². The number of hydrogen-bond donors (Lipinski definition) is 1. The van der Waals surface area contributed by atoms with Crippen LogP contribution in [0.15, 0.2) is 66.1 Å². The fraction of sp³-hybridized carbons (Fsp3) is 0.111. The highest BCUT2D eigenvalue weighted by molar-refractivity contribution is 8.00. The van der Waals surface area contributed by atoms with Gasteiger partial charge in [0.1, 0.15) is 11.6 Å². The van der Waals surface area contributed by atoms with Crippen LogP contribution in [0.3, 0.4) is 0 Å². The number of anilines is 1. The van der Waals surface area contributed by atoms with Gasteiger partial charge in [0.2, 0.25) is 5.91 Å². The SMILES string of the molecule is CC(Sc1nccn1-c1cccc(F)c1)C(=O)Nc1cccc(F)c1. The minimum Gasteiger partial charge on any atom is -0.325 e. The maximum atomic E-state index is 13.4. The number of hydrogen-bond acceptors (Lipinski definition) is 3. The molecule has 1 unspecified atom stereocenters. The first kappa shape index (κ1) is 17.2. The second-order valence-corrected chi connectivity index (χ2v) is 6.63. The summed E-state index contributed by atoms with van der Waals surface area (Å²) in [5, 5.41) is 2.75. The average molecular weight is 359 g/mol. The molecule has 1 heterocycles. The van der Waals surface area contributed by atoms with Crippen LogP contribution in [0.4, 0.5) is 14.5 Å². The Bertz CT molecular complexity index is 897. The molecule has 1 N–H and O–H groups in total. The van der Waals surface area contributed by atoms with Gasteiger partial charge in [-0.25, -0.2) is 13.8 Å². The second kappa shape index (κ2) is 7.48. The number of amides is 1. The van der Waals surface area contributed by atoms with Gasteiger partial charge in [-0.15, -0.1) is 0 Å². The highest BCUT2D eigenvalue weighted by atomic mass is 32.2. The van der Waals surface area contributed by atoms with Crippen molar-refractivity contribution in [2.75, 3.05) is 5.32 Å². The molecule has 2 aromatic carbocycles. The summed E-state index contributed by atoms with van der Waals surface area (Å²) >= 11 is 1.23. The summed E-state index contributed by atoms with van der Waals surface area (Å²) in [5.74, 6) is -1.04. The maximum Gasteiger partial charge on any atom is 0.237 e. The largest absolute Gasteiger partial charge is 0.325 e. The van der Waals surface area contributed by atoms with Crippen molar-refractivity contribution in [1.29, 1.82) is 0 Å². The Kier molecular flexibility index (Phi) is 5.14. The van der Waals surface area contributed by atoms with Crippen molar-refractivity contribution in [2.45, 2.75) is 17.3 Å². The Morgan fingerprint density at radius 1 is 1.16 bits per heavy atom. The monoisotopic (exact) mass is 359 g/mol. The Labute approximate surface area is 147 Å². The molecule has 0 bridgehead atoms. The minimum atomic E-state index is -0.474. The van der Waals surface area contributed by atoms with Gasteiger partial charge in [0, 0.05) is 18.1 Å². The number of imidazole rings is 1. The third-order valence-corrected chi connectivity index (χ3v) is 4.52. The average Bonchev–Trinajstić information content (AvgIpc) is 3.03. The van der Waals surface area contributed by atoms with Crippen LogP contribution in [-0.2, 0) is 4.79 Å². The Morgan fingerprint density at radius 3 is 2.60 bits per heavy atom. The third kappa shape index (κ3) is 4.24. The van der Waals surface area contributed by atoms with Crippen LogP contribution in [-0.4, -0.2) is 20.7 Å². The van der Waals surface area contributed by atoms with E-state index in [1.807, 2.05) is 0 Å². The van der Waals surface area contributed by atoms with Crippen molar-refractivity contribution < 1.29 is 13.6 Å². The lowest BCUT2D eigenvalue weighted by Crippen LogP contribution is -2.22. The summed E-state index contributed by atoms with van der Waals surface area (Å²) in [4.78, 5) is 16.5. The molecule has 0 spiro atoms. The summed E-state index contributed by atoms with van der Waals surface area (Å²) in [5.41, 5.74) is 1.02. The molecular formula is C18H15F2N3OS. The van der Waals surface area contributed by atoms with E-state index in [9.17, 15) is 13.6 Å². The fourth-order valence-corrected chi connectivity index (χ4v) is 3.10. The van der Waals surface area contributed by atoms with Gasteiger partial charge in [-0.1, -0.05) is 23.9 Å². The molecule has 3 rings (SSSR count). The van der Waals surface area contributed by atoms with Gasteiger partial charge in [-0.3, -0.25) is 9.36 Å². The number of thioether (sulfide) groups is 1. The summed E-state index contributed by atoms with van der Waals surface area (Å²) in [6.45, 7) is 1.73. The highest BCUT2D eigenvalue weighted by Crippen LogP contribution is 2.25. The van der Waals surface area contributed by atoms with E-state index in [0.717, 1.165) is 0 Å². The molecule has 4 nitrogen and oxygen atoms in total. The Morgan fingerprint density at radius 2 is 1.88 bits per heavy atom. The van der Waals surface area contributed by atoms with Gasteiger partial charge in [-0.05, 0) is 43.3 Å². The lowest BCUT2D eigenvalue weighted by Gasteiger charge is -2.13. The molecule has 0 radical (unpaired) electrons. The first-order valence-corrected chi connectivity index (χ1v) is 8.43. The van der Waals surface area contributed by atoms with Gasteiger partial charge < -0.3 is 5.32 Å². The van der Waals surface area contributed by atoms with E-state index in [-0.39, 0.29) is 11.7 Å². The van der Waals surface area contributed by atoms with E-state index in [1.165, 1.54) is 42.1 Å². The molecule has 0 aliphatic carbocycles. The lowest BCUT2D eigenvalue weighted by molar-refractivity contribution is -0.115. The molecule has 0 saturated heterocycles. The van der Waals surface area contributed by atoms with Crippen molar-refractivity contribution in [3.05, 3.63) is 72.6 Å². The van der Waals surface area contributed by atoms with Gasteiger partial charge in [0.05, 0.1) is 10.9 Å². The van der Waals surface area contributed by atoms with Gasteiger partial charge >= 0.3 is 0 Å². The number of rotatable bonds is 5. The van der Waals surface area contributed by atoms with Crippen LogP contribution in [0.2, 0.25) is 0 Å². The molecule has 0 aliphatic rings. The minimum absolute atomic E-state index is 0.274. The molecule has 1 atom stereocenters. The van der Waals surface area contributed by atoms with E-state index in [0.29, 0.717) is 16.5 Å². The van der Waals surface area contributed by atoms with Crippen molar-refractivity contribution in [1.82, 2.24) is 9.55 Å². The molecule has 25 heavy (non-hydrogen) atoms. The summed E-state index contributed by atoms with van der Waals surface area (Å²) in [6, 6.07) is 11.8. The first-order valence-electron chi connectivity index (χ1n) is 7.55. The topological polar surface area (TPSA) is 46.9 Å². The zero-order chi connectivity index (χ0) is 17.8. The molecule has 0 aliphatic heterocycles. The quantitative estimate of drug-likeness (QED) is 0.692. The second-order valence-electron chi connectivity index (χ2n) is 5.32. The standard InChI is InChI=1S/C18H15F2N3OS/c1-12(17(24)22-15-6-2-4-13(19)10-15)25-18-21-8-9-23(18)16-7-3-5-14(20)11-16/h2-12H,1H3,(H,22,24). The summed E-state index contributed by atoms with van der Waals surface area (Å²) < 4.78 is 28.3. The van der Waals surface area contributed by atoms with Crippen LogP contribution in [0.5, 0.6) is 0 Å². The zero-order valence-corrected chi connectivity index (χ0v) is 14.1. The number of halogens is 2. The highest BCUT2D eigenvalue weighted by Gasteiger charge is 2.18. The van der Waals surface area contributed by atoms with Gasteiger partial charge in [-0.2, -0.15) is 0 Å². The molecule has 3 aromatic rings.